The third-order valence-corrected chi connectivity index (χ3v) is 3.28. The van der Waals surface area contributed by atoms with Crippen LogP contribution in [0.5, 0.6) is 0 Å². The van der Waals surface area contributed by atoms with Crippen LogP contribution in [-0.2, 0) is 4.74 Å². The normalized spacial score (nSPS) is 17.6. The van der Waals surface area contributed by atoms with Crippen molar-refractivity contribution in [3.63, 3.8) is 0 Å². The van der Waals surface area contributed by atoms with Crippen LogP contribution in [0.3, 0.4) is 0 Å². The predicted molar refractivity (Wildman–Crippen MR) is 75.1 cm³/mol. The van der Waals surface area contributed by atoms with Crippen molar-refractivity contribution in [3.8, 4) is 0 Å². The number of carbonyl (C=O) groups excluding carboxylic acids is 1. The lowest BCUT2D eigenvalue weighted by atomic mass is 9.94. The second kappa shape index (κ2) is 7.70. The van der Waals surface area contributed by atoms with Crippen LogP contribution in [0.15, 0.2) is 0 Å². The minimum absolute atomic E-state index is 0.190. The molecule has 0 unspecified atom stereocenters. The van der Waals surface area contributed by atoms with Gasteiger partial charge in [0, 0.05) is 19.6 Å². The number of nitrogens with one attached hydrogen (secondary N) is 1. The van der Waals surface area contributed by atoms with Gasteiger partial charge in [0.1, 0.15) is 5.60 Å². The molecule has 5 heteroatoms. The van der Waals surface area contributed by atoms with Crippen LogP contribution in [0.2, 0.25) is 0 Å². The molecule has 0 radical (unpaired) electrons. The summed E-state index contributed by atoms with van der Waals surface area (Å²) in [5, 5.41) is 11.9. The summed E-state index contributed by atoms with van der Waals surface area (Å²) in [6.45, 7) is 9.06. The molecule has 0 atom stereocenters. The minimum Gasteiger partial charge on any atom is -0.444 e. The number of amides is 1. The number of piperidine rings is 1. The van der Waals surface area contributed by atoms with Crippen LogP contribution >= 0.6 is 0 Å². The number of hydrogen-bond donors (Lipinski definition) is 2. The molecule has 1 saturated heterocycles. The summed E-state index contributed by atoms with van der Waals surface area (Å²) in [5.74, 6) is 0.671. The fourth-order valence-electron chi connectivity index (χ4n) is 2.24. The average Bonchev–Trinajstić information content (AvgIpc) is 2.33. The summed E-state index contributed by atoms with van der Waals surface area (Å²) in [6.07, 6.45) is 3.01. The molecule has 1 aliphatic heterocycles. The highest BCUT2D eigenvalue weighted by Crippen LogP contribution is 2.21. The largest absolute Gasteiger partial charge is 0.444 e. The van der Waals surface area contributed by atoms with Gasteiger partial charge in [0.05, 0.1) is 6.61 Å². The second-order valence-corrected chi connectivity index (χ2v) is 6.17. The Bertz CT molecular complexity index is 268. The highest BCUT2D eigenvalue weighted by molar-refractivity contribution is 5.68. The Morgan fingerprint density at radius 1 is 1.32 bits per heavy atom. The fourth-order valence-corrected chi connectivity index (χ4v) is 2.24. The van der Waals surface area contributed by atoms with E-state index in [-0.39, 0.29) is 12.7 Å². The highest BCUT2D eigenvalue weighted by Gasteiger charge is 2.26. The number of ether oxygens (including phenoxy) is 1. The predicted octanol–water partition coefficient (Wildman–Crippen LogP) is 1.61. The van der Waals surface area contributed by atoms with Crippen molar-refractivity contribution in [1.82, 2.24) is 10.2 Å². The monoisotopic (exact) mass is 272 g/mol. The second-order valence-electron chi connectivity index (χ2n) is 6.17. The van der Waals surface area contributed by atoms with E-state index in [4.69, 9.17) is 9.84 Å². The molecule has 112 valence electrons. The van der Waals surface area contributed by atoms with Crippen LogP contribution in [0, 0.1) is 5.92 Å². The lowest BCUT2D eigenvalue weighted by Crippen LogP contribution is -2.42. The van der Waals surface area contributed by atoms with E-state index in [9.17, 15) is 4.79 Å². The van der Waals surface area contributed by atoms with Gasteiger partial charge in [-0.25, -0.2) is 4.79 Å². The molecule has 0 aromatic carbocycles. The van der Waals surface area contributed by atoms with Gasteiger partial charge >= 0.3 is 6.09 Å². The Balaban J connectivity index is 2.19. The van der Waals surface area contributed by atoms with E-state index in [0.29, 0.717) is 12.5 Å². The van der Waals surface area contributed by atoms with Gasteiger partial charge in [-0.3, -0.25) is 0 Å². The molecule has 1 fully saturated rings. The van der Waals surface area contributed by atoms with Crippen molar-refractivity contribution in [3.05, 3.63) is 0 Å². The summed E-state index contributed by atoms with van der Waals surface area (Å²) < 4.78 is 5.37. The van der Waals surface area contributed by atoms with E-state index < -0.39 is 5.60 Å². The summed E-state index contributed by atoms with van der Waals surface area (Å²) in [6, 6.07) is 0. The van der Waals surface area contributed by atoms with Crippen LogP contribution in [-0.4, -0.2) is 54.5 Å². The lowest BCUT2D eigenvalue weighted by Gasteiger charge is -2.33. The van der Waals surface area contributed by atoms with Gasteiger partial charge in [0.2, 0.25) is 0 Å². The van der Waals surface area contributed by atoms with E-state index >= 15 is 0 Å². The van der Waals surface area contributed by atoms with Gasteiger partial charge in [-0.05, 0) is 52.5 Å². The summed E-state index contributed by atoms with van der Waals surface area (Å²) in [5.41, 5.74) is -0.415. The number of hydrogen-bond acceptors (Lipinski definition) is 4. The molecule has 0 spiro atoms. The molecule has 1 rings (SSSR count). The van der Waals surface area contributed by atoms with Crippen LogP contribution in [0.1, 0.15) is 40.0 Å². The molecular weight excluding hydrogens is 244 g/mol. The van der Waals surface area contributed by atoms with Gasteiger partial charge in [0.15, 0.2) is 0 Å². The highest BCUT2D eigenvalue weighted by atomic mass is 16.6. The molecule has 1 amide bonds. The first-order chi connectivity index (χ1) is 8.92. The van der Waals surface area contributed by atoms with Crippen molar-refractivity contribution >= 4 is 6.09 Å². The van der Waals surface area contributed by atoms with Crippen LogP contribution in [0.4, 0.5) is 4.79 Å². The quantitative estimate of drug-likeness (QED) is 0.746. The first kappa shape index (κ1) is 16.2. The lowest BCUT2D eigenvalue weighted by molar-refractivity contribution is 0.0181. The fraction of sp³-hybridized carbons (Fsp3) is 0.929. The Hall–Kier alpha value is -0.810. The Morgan fingerprint density at radius 3 is 2.47 bits per heavy atom. The number of rotatable bonds is 5. The van der Waals surface area contributed by atoms with Gasteiger partial charge < -0.3 is 20.1 Å². The maximum absolute atomic E-state index is 11.9. The van der Waals surface area contributed by atoms with E-state index in [0.717, 1.165) is 38.9 Å². The van der Waals surface area contributed by atoms with Crippen molar-refractivity contribution in [1.29, 1.82) is 0 Å². The summed E-state index contributed by atoms with van der Waals surface area (Å²) in [4.78, 5) is 13.7. The minimum atomic E-state index is -0.415. The van der Waals surface area contributed by atoms with E-state index in [1.54, 1.807) is 0 Å². The third kappa shape index (κ3) is 6.78. The van der Waals surface area contributed by atoms with Crippen molar-refractivity contribution in [2.24, 2.45) is 5.92 Å². The summed E-state index contributed by atoms with van der Waals surface area (Å²) >= 11 is 0. The maximum atomic E-state index is 11.9. The van der Waals surface area contributed by atoms with Crippen molar-refractivity contribution in [2.45, 2.75) is 45.6 Å². The van der Waals surface area contributed by atoms with E-state index in [1.807, 2.05) is 25.7 Å². The van der Waals surface area contributed by atoms with Gasteiger partial charge in [-0.2, -0.15) is 0 Å². The number of nitrogens with zero attached hydrogens (tertiary/aromatic N) is 1. The number of carbonyl (C=O) groups is 1. The summed E-state index contributed by atoms with van der Waals surface area (Å²) in [7, 11) is 0. The SMILES string of the molecule is CC(C)(C)OC(=O)N1CCC(CCNCCO)CC1. The molecule has 5 nitrogen and oxygen atoms in total. The van der Waals surface area contributed by atoms with E-state index in [2.05, 4.69) is 5.32 Å². The average molecular weight is 272 g/mol. The zero-order valence-corrected chi connectivity index (χ0v) is 12.4. The van der Waals surface area contributed by atoms with Crippen LogP contribution in [0.25, 0.3) is 0 Å². The zero-order valence-electron chi connectivity index (χ0n) is 12.4. The number of likely N-dealkylation sites (tertiary alicyclic amines) is 1. The smallest absolute Gasteiger partial charge is 0.410 e. The van der Waals surface area contributed by atoms with Crippen LogP contribution < -0.4 is 5.32 Å². The first-order valence-corrected chi connectivity index (χ1v) is 7.22. The molecular formula is C14H28N2O3. The van der Waals surface area contributed by atoms with Crippen molar-refractivity contribution in [2.75, 3.05) is 32.8 Å². The molecule has 1 aliphatic rings. The third-order valence-electron chi connectivity index (χ3n) is 3.28. The number of aliphatic hydroxyl groups excluding tert-OH is 1. The molecule has 19 heavy (non-hydrogen) atoms. The first-order valence-electron chi connectivity index (χ1n) is 7.22. The molecule has 0 aliphatic carbocycles. The standard InChI is InChI=1S/C14H28N2O3/c1-14(2,3)19-13(18)16-9-5-12(6-10-16)4-7-15-8-11-17/h12,15,17H,4-11H2,1-3H3. The Morgan fingerprint density at radius 2 is 1.95 bits per heavy atom. The topological polar surface area (TPSA) is 61.8 Å². The number of aliphatic hydroxyl groups is 1. The zero-order chi connectivity index (χ0) is 14.3. The van der Waals surface area contributed by atoms with Crippen molar-refractivity contribution < 1.29 is 14.6 Å². The maximum Gasteiger partial charge on any atom is 0.410 e. The molecule has 0 saturated carbocycles. The van der Waals surface area contributed by atoms with Gasteiger partial charge in [0.25, 0.3) is 0 Å². The van der Waals surface area contributed by atoms with Gasteiger partial charge in [-0.15, -0.1) is 0 Å². The molecule has 0 aromatic rings. The molecule has 0 bridgehead atoms. The molecule has 0 aromatic heterocycles. The Kier molecular flexibility index (Phi) is 6.58. The molecule has 1 heterocycles. The van der Waals surface area contributed by atoms with Gasteiger partial charge in [-0.1, -0.05) is 0 Å². The molecule has 2 N–H and O–H groups in total. The van der Waals surface area contributed by atoms with E-state index in [1.165, 1.54) is 0 Å². The Labute approximate surface area is 116 Å².